The van der Waals surface area contributed by atoms with E-state index in [1.165, 1.54) is 35.6 Å². The molecule has 2 heterocycles. The van der Waals surface area contributed by atoms with Crippen molar-refractivity contribution in [2.24, 2.45) is 0 Å². The van der Waals surface area contributed by atoms with E-state index in [0.29, 0.717) is 31.2 Å². The maximum atomic E-state index is 12.5. The first-order chi connectivity index (χ1) is 11.7. The summed E-state index contributed by atoms with van der Waals surface area (Å²) in [6, 6.07) is 3.45. The van der Waals surface area contributed by atoms with E-state index in [0.717, 1.165) is 18.8 Å². The van der Waals surface area contributed by atoms with E-state index < -0.39 is 10.0 Å². The third kappa shape index (κ3) is 4.34. The number of pyridine rings is 1. The zero-order valence-corrected chi connectivity index (χ0v) is 14.8. The molecule has 6 nitrogen and oxygen atoms in total. The van der Waals surface area contributed by atoms with E-state index in [9.17, 15) is 8.42 Å². The van der Waals surface area contributed by atoms with Crippen molar-refractivity contribution in [2.75, 3.05) is 38.2 Å². The van der Waals surface area contributed by atoms with Gasteiger partial charge in [0.15, 0.2) is 0 Å². The number of sulfonamides is 1. The van der Waals surface area contributed by atoms with E-state index in [1.807, 2.05) is 0 Å². The zero-order chi connectivity index (χ0) is 16.8. The standard InChI is InChI=1S/C17H25N3O3S/c21-24(22,20-10-12-23-13-11-20)16-6-7-17(19-14-16)18-9-8-15-4-2-1-3-5-15/h4,6-7,14H,1-3,5,8-13H2,(H,18,19)/p+1. The highest BCUT2D eigenvalue weighted by atomic mass is 32.2. The molecule has 0 atom stereocenters. The summed E-state index contributed by atoms with van der Waals surface area (Å²) in [6.45, 7) is 2.60. The van der Waals surface area contributed by atoms with Crippen LogP contribution in [0.3, 0.4) is 0 Å². The van der Waals surface area contributed by atoms with Gasteiger partial charge in [0.2, 0.25) is 10.0 Å². The molecule has 1 aliphatic carbocycles. The number of hydrogen-bond acceptors (Lipinski definition) is 4. The lowest BCUT2D eigenvalue weighted by atomic mass is 9.97. The van der Waals surface area contributed by atoms with E-state index >= 15 is 0 Å². The Labute approximate surface area is 144 Å². The van der Waals surface area contributed by atoms with Gasteiger partial charge in [-0.2, -0.15) is 4.31 Å². The van der Waals surface area contributed by atoms with E-state index in [-0.39, 0.29) is 0 Å². The second-order valence-corrected chi connectivity index (χ2v) is 8.18. The van der Waals surface area contributed by atoms with Gasteiger partial charge in [-0.3, -0.25) is 5.32 Å². The molecule has 0 unspecified atom stereocenters. The molecule has 1 aromatic rings. The second-order valence-electron chi connectivity index (χ2n) is 6.24. The predicted molar refractivity (Wildman–Crippen MR) is 92.2 cm³/mol. The normalized spacial score (nSPS) is 19.8. The monoisotopic (exact) mass is 352 g/mol. The van der Waals surface area contributed by atoms with Crippen molar-refractivity contribution in [2.45, 2.75) is 37.0 Å². The molecule has 7 heteroatoms. The van der Waals surface area contributed by atoms with Gasteiger partial charge in [0, 0.05) is 25.6 Å². The summed E-state index contributed by atoms with van der Waals surface area (Å²) < 4.78 is 31.8. The van der Waals surface area contributed by atoms with Gasteiger partial charge < -0.3 is 4.74 Å². The van der Waals surface area contributed by atoms with Crippen molar-refractivity contribution < 1.29 is 18.1 Å². The number of H-pyrrole nitrogens is 1. The zero-order valence-electron chi connectivity index (χ0n) is 14.0. The summed E-state index contributed by atoms with van der Waals surface area (Å²) in [5, 5.41) is 3.33. The van der Waals surface area contributed by atoms with Crippen LogP contribution in [0.5, 0.6) is 0 Å². The van der Waals surface area contributed by atoms with Crippen LogP contribution in [0.4, 0.5) is 5.82 Å². The number of aromatic nitrogens is 1. The molecule has 1 aliphatic heterocycles. The lowest BCUT2D eigenvalue weighted by molar-refractivity contribution is -0.364. The fraction of sp³-hybridized carbons (Fsp3) is 0.588. The number of anilines is 1. The highest BCUT2D eigenvalue weighted by Gasteiger charge is 2.27. The van der Waals surface area contributed by atoms with Crippen molar-refractivity contribution in [3.63, 3.8) is 0 Å². The molecule has 2 N–H and O–H groups in total. The number of ether oxygens (including phenoxy) is 1. The Bertz CT molecular complexity index is 665. The van der Waals surface area contributed by atoms with E-state index in [4.69, 9.17) is 4.74 Å². The Morgan fingerprint density at radius 1 is 1.21 bits per heavy atom. The van der Waals surface area contributed by atoms with E-state index in [2.05, 4.69) is 16.4 Å². The molecule has 0 bridgehead atoms. The number of aromatic amines is 1. The fourth-order valence-corrected chi connectivity index (χ4v) is 4.48. The first kappa shape index (κ1) is 17.4. The molecule has 0 amide bonds. The van der Waals surface area contributed by atoms with Gasteiger partial charge in [-0.05, 0) is 31.7 Å². The van der Waals surface area contributed by atoms with Crippen LogP contribution < -0.4 is 10.3 Å². The Hall–Kier alpha value is -1.44. The number of allylic oxidation sites excluding steroid dienone is 1. The average Bonchev–Trinajstić information content (AvgIpc) is 2.64. The molecule has 0 radical (unpaired) electrons. The maximum Gasteiger partial charge on any atom is 0.272 e. The van der Waals surface area contributed by atoms with Crippen LogP contribution in [0.2, 0.25) is 0 Å². The van der Waals surface area contributed by atoms with Crippen molar-refractivity contribution in [3.05, 3.63) is 30.0 Å². The van der Waals surface area contributed by atoms with Crippen LogP contribution in [0.25, 0.3) is 0 Å². The molecule has 2 aliphatic rings. The molecule has 0 aromatic carbocycles. The van der Waals surface area contributed by atoms with Gasteiger partial charge in [-0.15, -0.1) is 0 Å². The molecule has 1 fully saturated rings. The lowest BCUT2D eigenvalue weighted by Crippen LogP contribution is -2.40. The Morgan fingerprint density at radius 2 is 2.04 bits per heavy atom. The minimum atomic E-state index is -3.43. The minimum Gasteiger partial charge on any atom is -0.379 e. The molecule has 1 saturated heterocycles. The van der Waals surface area contributed by atoms with Gasteiger partial charge in [0.1, 0.15) is 11.1 Å². The topological polar surface area (TPSA) is 72.8 Å². The molecular weight excluding hydrogens is 326 g/mol. The predicted octanol–water partition coefficient (Wildman–Crippen LogP) is 1.82. The molecule has 3 rings (SSSR count). The van der Waals surface area contributed by atoms with Crippen LogP contribution in [0.1, 0.15) is 32.1 Å². The molecule has 0 saturated carbocycles. The quantitative estimate of drug-likeness (QED) is 0.793. The first-order valence-corrected chi connectivity index (χ1v) is 10.1. The Morgan fingerprint density at radius 3 is 2.71 bits per heavy atom. The molecule has 0 spiro atoms. The van der Waals surface area contributed by atoms with Crippen LogP contribution >= 0.6 is 0 Å². The van der Waals surface area contributed by atoms with Crippen molar-refractivity contribution in [1.29, 1.82) is 0 Å². The largest absolute Gasteiger partial charge is 0.379 e. The summed E-state index contributed by atoms with van der Waals surface area (Å²) in [5.74, 6) is 0.840. The van der Waals surface area contributed by atoms with Crippen LogP contribution in [0, 0.1) is 0 Å². The summed E-state index contributed by atoms with van der Waals surface area (Å²) in [6.07, 6.45) is 9.98. The van der Waals surface area contributed by atoms with Crippen LogP contribution in [0.15, 0.2) is 34.9 Å². The summed E-state index contributed by atoms with van der Waals surface area (Å²) in [4.78, 5) is 3.35. The Kier molecular flexibility index (Phi) is 5.86. The maximum absolute atomic E-state index is 12.5. The molecule has 24 heavy (non-hydrogen) atoms. The number of morpholine rings is 1. The third-order valence-electron chi connectivity index (χ3n) is 4.54. The van der Waals surface area contributed by atoms with Crippen molar-refractivity contribution in [1.82, 2.24) is 4.31 Å². The number of nitrogens with one attached hydrogen (secondary N) is 2. The molecular formula is C17H26N3O3S+. The summed E-state index contributed by atoms with van der Waals surface area (Å²) in [5.41, 5.74) is 1.53. The fourth-order valence-electron chi connectivity index (χ4n) is 3.11. The van der Waals surface area contributed by atoms with Crippen LogP contribution in [-0.4, -0.2) is 45.6 Å². The molecule has 132 valence electrons. The Balaban J connectivity index is 1.55. The van der Waals surface area contributed by atoms with Gasteiger partial charge >= 0.3 is 0 Å². The van der Waals surface area contributed by atoms with E-state index in [1.54, 1.807) is 18.3 Å². The first-order valence-electron chi connectivity index (χ1n) is 8.68. The second kappa shape index (κ2) is 8.09. The number of nitrogens with zero attached hydrogens (tertiary/aromatic N) is 1. The highest BCUT2D eigenvalue weighted by Crippen LogP contribution is 2.20. The third-order valence-corrected chi connectivity index (χ3v) is 6.43. The number of rotatable bonds is 6. The van der Waals surface area contributed by atoms with Crippen molar-refractivity contribution in [3.8, 4) is 0 Å². The molecule has 1 aromatic heterocycles. The SMILES string of the molecule is O=S(=O)(c1ccc(NCCC2=CCCCC2)[nH+]c1)N1CCOCC1. The summed E-state index contributed by atoms with van der Waals surface area (Å²) >= 11 is 0. The van der Waals surface area contributed by atoms with Crippen LogP contribution in [-0.2, 0) is 14.8 Å². The van der Waals surface area contributed by atoms with Gasteiger partial charge in [-0.25, -0.2) is 13.4 Å². The van der Waals surface area contributed by atoms with Gasteiger partial charge in [0.25, 0.3) is 5.82 Å². The van der Waals surface area contributed by atoms with Gasteiger partial charge in [-0.1, -0.05) is 11.6 Å². The minimum absolute atomic E-state index is 0.296. The highest BCUT2D eigenvalue weighted by molar-refractivity contribution is 7.89. The smallest absolute Gasteiger partial charge is 0.272 e. The summed E-state index contributed by atoms with van der Waals surface area (Å²) in [7, 11) is -3.43. The average molecular weight is 352 g/mol. The van der Waals surface area contributed by atoms with Crippen molar-refractivity contribution >= 4 is 15.8 Å². The number of hydrogen-bond donors (Lipinski definition) is 1. The lowest BCUT2D eigenvalue weighted by Gasteiger charge is -2.25. The van der Waals surface area contributed by atoms with Gasteiger partial charge in [0.05, 0.1) is 19.8 Å².